The van der Waals surface area contributed by atoms with Crippen LogP contribution in [0.5, 0.6) is 0 Å². The highest BCUT2D eigenvalue weighted by Gasteiger charge is 2.18. The molecule has 0 amide bonds. The Kier molecular flexibility index (Phi) is 2.08. The van der Waals surface area contributed by atoms with Crippen LogP contribution in [0.3, 0.4) is 0 Å². The van der Waals surface area contributed by atoms with Gasteiger partial charge in [0, 0.05) is 0 Å². The number of aromatic nitrogens is 3. The third kappa shape index (κ3) is 1.33. The second-order valence-electron chi connectivity index (χ2n) is 2.68. The highest BCUT2D eigenvalue weighted by atomic mass is 32.1. The predicted molar refractivity (Wildman–Crippen MR) is 46.0 cm³/mol. The summed E-state index contributed by atoms with van der Waals surface area (Å²) < 4.78 is 3.71. The van der Waals surface area contributed by atoms with E-state index in [9.17, 15) is 0 Å². The van der Waals surface area contributed by atoms with E-state index in [1.54, 1.807) is 4.68 Å². The summed E-state index contributed by atoms with van der Waals surface area (Å²) in [4.78, 5) is 1.99. The van der Waals surface area contributed by atoms with E-state index < -0.39 is 0 Å². The molecule has 0 aliphatic rings. The zero-order chi connectivity index (χ0) is 8.59. The summed E-state index contributed by atoms with van der Waals surface area (Å²) in [7, 11) is 7.79. The summed E-state index contributed by atoms with van der Waals surface area (Å²) in [5.74, 6) is 1.02. The third-order valence-corrected chi connectivity index (χ3v) is 1.92. The molecule has 0 atom stereocenters. The van der Waals surface area contributed by atoms with Crippen LogP contribution in [0, 0.1) is 0 Å². The van der Waals surface area contributed by atoms with E-state index in [1.165, 1.54) is 0 Å². The van der Waals surface area contributed by atoms with Crippen molar-refractivity contribution in [3.05, 3.63) is 0 Å². The van der Waals surface area contributed by atoms with Gasteiger partial charge in [0.2, 0.25) is 0 Å². The molecule has 0 N–H and O–H groups in total. The highest BCUT2D eigenvalue weighted by molar-refractivity contribution is 7.80. The fourth-order valence-corrected chi connectivity index (χ4v) is 1.37. The van der Waals surface area contributed by atoms with E-state index in [4.69, 9.17) is 0 Å². The van der Waals surface area contributed by atoms with Crippen molar-refractivity contribution in [2.45, 2.75) is 5.16 Å². The van der Waals surface area contributed by atoms with Gasteiger partial charge in [-0.25, -0.2) is 4.57 Å². The van der Waals surface area contributed by atoms with E-state index in [0.717, 1.165) is 11.1 Å². The van der Waals surface area contributed by atoms with Crippen LogP contribution in [0.2, 0.25) is 0 Å². The molecule has 0 aliphatic heterocycles. The largest absolute Gasteiger partial charge is 0.380 e. The van der Waals surface area contributed by atoms with Gasteiger partial charge in [-0.15, -0.1) is 4.68 Å². The molecule has 0 spiro atoms. The summed E-state index contributed by atoms with van der Waals surface area (Å²) in [6.07, 6.45) is 0. The van der Waals surface area contributed by atoms with Gasteiger partial charge >= 0.3 is 5.95 Å². The second kappa shape index (κ2) is 2.73. The van der Waals surface area contributed by atoms with Crippen LogP contribution >= 0.6 is 12.6 Å². The van der Waals surface area contributed by atoms with Crippen LogP contribution in [0.15, 0.2) is 5.16 Å². The quantitative estimate of drug-likeness (QED) is 0.462. The molecule has 0 fully saturated rings. The Bertz CT molecular complexity index is 266. The molecule has 0 unspecified atom stereocenters. The fraction of sp³-hybridized carbons (Fsp3) is 0.667. The Labute approximate surface area is 71.8 Å². The van der Waals surface area contributed by atoms with Crippen LogP contribution in [0.1, 0.15) is 0 Å². The van der Waals surface area contributed by atoms with Gasteiger partial charge in [-0.3, -0.25) is 4.90 Å². The first-order valence-electron chi connectivity index (χ1n) is 3.33. The van der Waals surface area contributed by atoms with E-state index >= 15 is 0 Å². The molecule has 11 heavy (non-hydrogen) atoms. The molecule has 4 nitrogen and oxygen atoms in total. The Morgan fingerprint density at radius 3 is 2.27 bits per heavy atom. The van der Waals surface area contributed by atoms with Gasteiger partial charge in [-0.05, 0) is 0 Å². The number of anilines is 1. The van der Waals surface area contributed by atoms with Gasteiger partial charge < -0.3 is 0 Å². The lowest BCUT2D eigenvalue weighted by atomic mass is 10.8. The molecule has 62 valence electrons. The van der Waals surface area contributed by atoms with Gasteiger partial charge in [0.15, 0.2) is 0 Å². The minimum Gasteiger partial charge on any atom is -0.268 e. The number of thiol groups is 1. The maximum absolute atomic E-state index is 4.19. The minimum atomic E-state index is 0.719. The summed E-state index contributed by atoms with van der Waals surface area (Å²) in [5, 5.41) is 4.85. The molecular weight excluding hydrogens is 160 g/mol. The van der Waals surface area contributed by atoms with Gasteiger partial charge in [-0.2, -0.15) is 0 Å². The van der Waals surface area contributed by atoms with Crippen molar-refractivity contribution in [2.24, 2.45) is 14.1 Å². The Hall–Kier alpha value is -0.710. The summed E-state index contributed by atoms with van der Waals surface area (Å²) in [5.41, 5.74) is 0. The molecule has 0 aliphatic carbocycles. The third-order valence-electron chi connectivity index (χ3n) is 1.53. The van der Waals surface area contributed by atoms with Crippen molar-refractivity contribution >= 4 is 18.6 Å². The lowest BCUT2D eigenvalue weighted by Gasteiger charge is -2.03. The normalized spacial score (nSPS) is 10.3. The van der Waals surface area contributed by atoms with Crippen molar-refractivity contribution in [1.82, 2.24) is 9.67 Å². The molecule has 0 radical (unpaired) electrons. The molecule has 0 bridgehead atoms. The monoisotopic (exact) mass is 173 g/mol. The lowest BCUT2D eigenvalue weighted by Crippen LogP contribution is -2.37. The first-order chi connectivity index (χ1) is 5.04. The Balaban J connectivity index is 3.22. The zero-order valence-corrected chi connectivity index (χ0v) is 8.13. The van der Waals surface area contributed by atoms with Crippen molar-refractivity contribution in [3.63, 3.8) is 0 Å². The molecule has 1 aromatic rings. The molecule has 5 heteroatoms. The SMILES string of the molecule is CN(C)c1n(C)c(S)n[n+]1C. The molecular formula is C6H13N4S+. The maximum Gasteiger partial charge on any atom is 0.380 e. The molecule has 1 rings (SSSR count). The Morgan fingerprint density at radius 2 is 2.09 bits per heavy atom. The maximum atomic E-state index is 4.19. The standard InChI is InChI=1S/C6H12N4S/c1-8(2)6-9(3)5(11)7-10(6)4/h1-4H3/p+1. The van der Waals surface area contributed by atoms with Crippen molar-refractivity contribution < 1.29 is 4.68 Å². The minimum absolute atomic E-state index is 0.719. The van der Waals surface area contributed by atoms with Crippen molar-refractivity contribution in [1.29, 1.82) is 0 Å². The molecule has 0 aromatic carbocycles. The topological polar surface area (TPSA) is 24.9 Å². The number of hydrogen-bond acceptors (Lipinski definition) is 3. The van der Waals surface area contributed by atoms with Gasteiger partial charge in [-0.1, -0.05) is 17.7 Å². The molecule has 1 aromatic heterocycles. The van der Waals surface area contributed by atoms with Crippen LogP contribution in [-0.4, -0.2) is 23.8 Å². The smallest absolute Gasteiger partial charge is 0.268 e. The van der Waals surface area contributed by atoms with Crippen molar-refractivity contribution in [3.8, 4) is 0 Å². The number of nitrogens with zero attached hydrogens (tertiary/aromatic N) is 4. The van der Waals surface area contributed by atoms with Gasteiger partial charge in [0.25, 0.3) is 5.16 Å². The van der Waals surface area contributed by atoms with Crippen LogP contribution in [0.4, 0.5) is 5.95 Å². The number of rotatable bonds is 1. The average Bonchev–Trinajstić information content (AvgIpc) is 2.07. The van der Waals surface area contributed by atoms with E-state index in [1.807, 2.05) is 37.7 Å². The van der Waals surface area contributed by atoms with E-state index in [-0.39, 0.29) is 0 Å². The fourth-order valence-electron chi connectivity index (χ4n) is 1.14. The zero-order valence-electron chi connectivity index (χ0n) is 7.24. The van der Waals surface area contributed by atoms with E-state index in [2.05, 4.69) is 17.7 Å². The highest BCUT2D eigenvalue weighted by Crippen LogP contribution is 2.07. The first kappa shape index (κ1) is 8.39. The summed E-state index contributed by atoms with van der Waals surface area (Å²) in [6, 6.07) is 0. The second-order valence-corrected chi connectivity index (χ2v) is 3.08. The Morgan fingerprint density at radius 1 is 1.55 bits per heavy atom. The molecule has 0 saturated carbocycles. The number of hydrogen-bond donors (Lipinski definition) is 1. The summed E-state index contributed by atoms with van der Waals surface area (Å²) in [6.45, 7) is 0. The summed E-state index contributed by atoms with van der Waals surface area (Å²) >= 11 is 4.19. The lowest BCUT2D eigenvalue weighted by molar-refractivity contribution is -0.718. The van der Waals surface area contributed by atoms with Gasteiger partial charge in [0.1, 0.15) is 0 Å². The first-order valence-corrected chi connectivity index (χ1v) is 3.78. The molecule has 0 saturated heterocycles. The van der Waals surface area contributed by atoms with Crippen LogP contribution in [0.25, 0.3) is 0 Å². The van der Waals surface area contributed by atoms with Crippen LogP contribution < -0.4 is 9.58 Å². The van der Waals surface area contributed by atoms with Crippen molar-refractivity contribution in [2.75, 3.05) is 19.0 Å². The molecule has 1 heterocycles. The van der Waals surface area contributed by atoms with E-state index in [0.29, 0.717) is 0 Å². The van der Waals surface area contributed by atoms with Crippen LogP contribution in [-0.2, 0) is 14.1 Å². The average molecular weight is 173 g/mol. The van der Waals surface area contributed by atoms with Gasteiger partial charge in [0.05, 0.1) is 28.2 Å². The predicted octanol–water partition coefficient (Wildman–Crippen LogP) is -0.401. The number of aryl methyl sites for hydroxylation is 1.